The van der Waals surface area contributed by atoms with Gasteiger partial charge in [0, 0.05) is 26.2 Å². The van der Waals surface area contributed by atoms with Gasteiger partial charge < -0.3 is 14.5 Å². The Kier molecular flexibility index (Phi) is 6.98. The molecule has 136 valence electrons. The summed E-state index contributed by atoms with van der Waals surface area (Å²) in [4.78, 5) is 39.9. The Morgan fingerprint density at radius 1 is 1.12 bits per heavy atom. The summed E-state index contributed by atoms with van der Waals surface area (Å²) in [7, 11) is 0. The van der Waals surface area contributed by atoms with E-state index in [0.717, 1.165) is 5.56 Å². The number of ether oxygens (including phenoxy) is 1. The number of likely N-dealkylation sites (tertiary alicyclic amines) is 1. The molecule has 0 spiro atoms. The molecule has 0 saturated carbocycles. The van der Waals surface area contributed by atoms with Crippen molar-refractivity contribution in [2.45, 2.75) is 33.2 Å². The molecule has 0 bridgehead atoms. The van der Waals surface area contributed by atoms with Crippen LogP contribution < -0.4 is 0 Å². The zero-order valence-electron chi connectivity index (χ0n) is 14.9. The van der Waals surface area contributed by atoms with Gasteiger partial charge in [-0.05, 0) is 32.3 Å². The lowest BCUT2D eigenvalue weighted by Gasteiger charge is -2.32. The maximum atomic E-state index is 12.5. The van der Waals surface area contributed by atoms with Crippen LogP contribution in [0.4, 0.5) is 0 Å². The molecule has 1 fully saturated rings. The van der Waals surface area contributed by atoms with Gasteiger partial charge in [0.15, 0.2) is 0 Å². The van der Waals surface area contributed by atoms with E-state index in [2.05, 4.69) is 0 Å². The fourth-order valence-electron chi connectivity index (χ4n) is 2.98. The molecule has 0 unspecified atom stereocenters. The molecule has 2 amide bonds. The molecule has 0 atom stereocenters. The van der Waals surface area contributed by atoms with E-state index in [4.69, 9.17) is 4.74 Å². The number of carbonyl (C=O) groups is 3. The van der Waals surface area contributed by atoms with Gasteiger partial charge in [0.1, 0.15) is 0 Å². The minimum Gasteiger partial charge on any atom is -0.466 e. The fraction of sp³-hybridized carbons (Fsp3) is 0.526. The number of hydrogen-bond acceptors (Lipinski definition) is 4. The summed E-state index contributed by atoms with van der Waals surface area (Å²) < 4.78 is 5.03. The van der Waals surface area contributed by atoms with E-state index in [-0.39, 0.29) is 11.9 Å². The van der Waals surface area contributed by atoms with Crippen LogP contribution in [0, 0.1) is 5.92 Å². The molecule has 1 aromatic carbocycles. The lowest BCUT2D eigenvalue weighted by atomic mass is 9.97. The third-order valence-electron chi connectivity index (χ3n) is 4.47. The quantitative estimate of drug-likeness (QED) is 0.603. The Morgan fingerprint density at radius 2 is 1.76 bits per heavy atom. The number of likely N-dealkylation sites (N-methyl/N-ethyl adjacent to an activating group) is 1. The molecule has 1 heterocycles. The zero-order valence-corrected chi connectivity index (χ0v) is 14.9. The standard InChI is InChI=1S/C19H26N2O4/c1-3-20(14-15-8-6-5-7-9-15)17(22)18(23)21-12-10-16(11-13-21)19(24)25-4-2/h5-9,16H,3-4,10-14H2,1-2H3. The summed E-state index contributed by atoms with van der Waals surface area (Å²) in [5.41, 5.74) is 0.992. The summed E-state index contributed by atoms with van der Waals surface area (Å²) in [5.74, 6) is -1.35. The van der Waals surface area contributed by atoms with Crippen LogP contribution >= 0.6 is 0 Å². The zero-order chi connectivity index (χ0) is 18.2. The molecule has 0 aromatic heterocycles. The summed E-state index contributed by atoms with van der Waals surface area (Å²) in [5, 5.41) is 0. The van der Waals surface area contributed by atoms with Crippen molar-refractivity contribution in [1.82, 2.24) is 9.80 Å². The maximum absolute atomic E-state index is 12.5. The Labute approximate surface area is 148 Å². The van der Waals surface area contributed by atoms with E-state index in [1.54, 1.807) is 16.7 Å². The first-order chi connectivity index (χ1) is 12.1. The van der Waals surface area contributed by atoms with Gasteiger partial charge >= 0.3 is 17.8 Å². The second kappa shape index (κ2) is 9.20. The maximum Gasteiger partial charge on any atom is 0.312 e. The molecule has 1 saturated heterocycles. The monoisotopic (exact) mass is 346 g/mol. The van der Waals surface area contributed by atoms with Gasteiger partial charge in [0.05, 0.1) is 12.5 Å². The van der Waals surface area contributed by atoms with Crippen molar-refractivity contribution >= 4 is 17.8 Å². The SMILES string of the molecule is CCOC(=O)C1CCN(C(=O)C(=O)N(CC)Cc2ccccc2)CC1. The van der Waals surface area contributed by atoms with Gasteiger partial charge in [0.2, 0.25) is 0 Å². The van der Waals surface area contributed by atoms with Crippen molar-refractivity contribution in [2.75, 3.05) is 26.2 Å². The first-order valence-electron chi connectivity index (χ1n) is 8.85. The second-order valence-electron chi connectivity index (χ2n) is 6.12. The molecule has 1 aliphatic rings. The van der Waals surface area contributed by atoms with E-state index in [0.29, 0.717) is 45.6 Å². The number of amides is 2. The predicted molar refractivity (Wildman–Crippen MR) is 93.5 cm³/mol. The molecule has 1 aliphatic heterocycles. The molecule has 0 radical (unpaired) electrons. The minimum absolute atomic E-state index is 0.175. The van der Waals surface area contributed by atoms with Gasteiger partial charge in [-0.2, -0.15) is 0 Å². The third-order valence-corrected chi connectivity index (χ3v) is 4.47. The highest BCUT2D eigenvalue weighted by atomic mass is 16.5. The molecular formula is C19H26N2O4. The number of nitrogens with zero attached hydrogens (tertiary/aromatic N) is 2. The fourth-order valence-corrected chi connectivity index (χ4v) is 2.98. The second-order valence-corrected chi connectivity index (χ2v) is 6.12. The van der Waals surface area contributed by atoms with Crippen LogP contribution in [0.2, 0.25) is 0 Å². The highest BCUT2D eigenvalue weighted by molar-refractivity contribution is 6.34. The van der Waals surface area contributed by atoms with Crippen LogP contribution in [-0.2, 0) is 25.7 Å². The van der Waals surface area contributed by atoms with Gasteiger partial charge in [-0.1, -0.05) is 30.3 Å². The van der Waals surface area contributed by atoms with Gasteiger partial charge in [-0.3, -0.25) is 14.4 Å². The van der Waals surface area contributed by atoms with E-state index < -0.39 is 11.8 Å². The summed E-state index contributed by atoms with van der Waals surface area (Å²) in [6, 6.07) is 9.61. The predicted octanol–water partition coefficient (Wildman–Crippen LogP) is 1.84. The molecule has 1 aromatic rings. The lowest BCUT2D eigenvalue weighted by molar-refractivity contribution is -0.155. The summed E-state index contributed by atoms with van der Waals surface area (Å²) >= 11 is 0. The normalized spacial score (nSPS) is 14.9. The number of hydrogen-bond donors (Lipinski definition) is 0. The largest absolute Gasteiger partial charge is 0.466 e. The molecule has 2 rings (SSSR count). The first kappa shape index (κ1) is 19.0. The van der Waals surface area contributed by atoms with Gasteiger partial charge in [-0.25, -0.2) is 0 Å². The van der Waals surface area contributed by atoms with E-state index in [9.17, 15) is 14.4 Å². The topological polar surface area (TPSA) is 66.9 Å². The molecular weight excluding hydrogens is 320 g/mol. The number of rotatable bonds is 5. The van der Waals surface area contributed by atoms with Crippen molar-refractivity contribution in [2.24, 2.45) is 5.92 Å². The Balaban J connectivity index is 1.91. The molecule has 0 aliphatic carbocycles. The average molecular weight is 346 g/mol. The third kappa shape index (κ3) is 5.05. The van der Waals surface area contributed by atoms with Crippen LogP contribution in [0.15, 0.2) is 30.3 Å². The summed E-state index contributed by atoms with van der Waals surface area (Å²) in [6.07, 6.45) is 1.09. The van der Waals surface area contributed by atoms with E-state index in [1.165, 1.54) is 0 Å². The lowest BCUT2D eigenvalue weighted by Crippen LogP contribution is -2.48. The van der Waals surface area contributed by atoms with Crippen LogP contribution in [-0.4, -0.2) is 53.8 Å². The molecule has 0 N–H and O–H groups in total. The van der Waals surface area contributed by atoms with E-state index in [1.807, 2.05) is 37.3 Å². The molecule has 6 nitrogen and oxygen atoms in total. The van der Waals surface area contributed by atoms with Crippen molar-refractivity contribution < 1.29 is 19.1 Å². The summed E-state index contributed by atoms with van der Waals surface area (Å²) in [6.45, 7) is 5.72. The van der Waals surface area contributed by atoms with Crippen molar-refractivity contribution in [3.8, 4) is 0 Å². The van der Waals surface area contributed by atoms with Gasteiger partial charge in [-0.15, -0.1) is 0 Å². The first-order valence-corrected chi connectivity index (χ1v) is 8.85. The van der Waals surface area contributed by atoms with Crippen molar-refractivity contribution in [3.63, 3.8) is 0 Å². The Bertz CT molecular complexity index is 595. The highest BCUT2D eigenvalue weighted by Gasteiger charge is 2.32. The number of esters is 1. The Morgan fingerprint density at radius 3 is 2.32 bits per heavy atom. The Hall–Kier alpha value is -2.37. The van der Waals surface area contributed by atoms with Crippen molar-refractivity contribution in [1.29, 1.82) is 0 Å². The smallest absolute Gasteiger partial charge is 0.312 e. The van der Waals surface area contributed by atoms with Crippen LogP contribution in [0.1, 0.15) is 32.3 Å². The van der Waals surface area contributed by atoms with Crippen LogP contribution in [0.25, 0.3) is 0 Å². The van der Waals surface area contributed by atoms with Crippen molar-refractivity contribution in [3.05, 3.63) is 35.9 Å². The number of carbonyl (C=O) groups excluding carboxylic acids is 3. The average Bonchev–Trinajstić information content (AvgIpc) is 2.66. The number of piperidine rings is 1. The minimum atomic E-state index is -0.486. The number of benzene rings is 1. The molecule has 6 heteroatoms. The highest BCUT2D eigenvalue weighted by Crippen LogP contribution is 2.19. The van der Waals surface area contributed by atoms with E-state index >= 15 is 0 Å². The van der Waals surface area contributed by atoms with Gasteiger partial charge in [0.25, 0.3) is 0 Å². The molecule has 25 heavy (non-hydrogen) atoms. The van der Waals surface area contributed by atoms with Crippen LogP contribution in [0.5, 0.6) is 0 Å². The van der Waals surface area contributed by atoms with Crippen LogP contribution in [0.3, 0.4) is 0 Å².